The van der Waals surface area contributed by atoms with Gasteiger partial charge in [-0.2, -0.15) is 0 Å². The third-order valence-corrected chi connectivity index (χ3v) is 3.76. The van der Waals surface area contributed by atoms with Crippen LogP contribution in [-0.4, -0.2) is 37.1 Å². The largest absolute Gasteiger partial charge is 0.319 e. The van der Waals surface area contributed by atoms with Crippen molar-refractivity contribution in [2.75, 3.05) is 27.2 Å². The van der Waals surface area contributed by atoms with Gasteiger partial charge in [0.2, 0.25) is 0 Å². The van der Waals surface area contributed by atoms with Crippen LogP contribution in [-0.2, 0) is 0 Å². The summed E-state index contributed by atoms with van der Waals surface area (Å²) in [6.07, 6.45) is 3.14. The highest BCUT2D eigenvalue weighted by atomic mass is 79.9. The van der Waals surface area contributed by atoms with Crippen LogP contribution in [0.1, 0.15) is 18.2 Å². The zero-order valence-corrected chi connectivity index (χ0v) is 11.4. The summed E-state index contributed by atoms with van der Waals surface area (Å²) in [5.41, 5.74) is 1.18. The average Bonchev–Trinajstić information content (AvgIpc) is 2.62. The second-order valence-electron chi connectivity index (χ2n) is 4.43. The highest BCUT2D eigenvalue weighted by molar-refractivity contribution is 9.10. The van der Waals surface area contributed by atoms with Crippen LogP contribution in [0.4, 0.5) is 0 Å². The summed E-state index contributed by atoms with van der Waals surface area (Å²) in [7, 11) is 4.20. The number of hydrogen-bond acceptors (Lipinski definition) is 3. The van der Waals surface area contributed by atoms with Gasteiger partial charge >= 0.3 is 0 Å². The highest BCUT2D eigenvalue weighted by Crippen LogP contribution is 2.34. The van der Waals surface area contributed by atoms with E-state index in [1.165, 1.54) is 12.1 Å². The molecule has 1 fully saturated rings. The van der Waals surface area contributed by atoms with Crippen molar-refractivity contribution < 1.29 is 0 Å². The van der Waals surface area contributed by atoms with E-state index in [1.807, 2.05) is 13.2 Å². The topological polar surface area (TPSA) is 28.2 Å². The summed E-state index contributed by atoms with van der Waals surface area (Å²) in [5, 5.41) is 3.28. The van der Waals surface area contributed by atoms with Gasteiger partial charge in [0.25, 0.3) is 0 Å². The maximum atomic E-state index is 4.53. The van der Waals surface area contributed by atoms with E-state index >= 15 is 0 Å². The van der Waals surface area contributed by atoms with Gasteiger partial charge in [-0.25, -0.2) is 0 Å². The van der Waals surface area contributed by atoms with Crippen molar-refractivity contribution >= 4 is 15.9 Å². The molecule has 0 radical (unpaired) electrons. The Bertz CT molecular complexity index is 337. The third-order valence-electron chi connectivity index (χ3n) is 3.29. The molecule has 88 valence electrons. The van der Waals surface area contributed by atoms with E-state index < -0.39 is 0 Å². The zero-order chi connectivity index (χ0) is 11.5. The smallest absolute Gasteiger partial charge is 0.0579 e. The number of likely N-dealkylation sites (tertiary alicyclic amines) is 1. The number of aromatic nitrogens is 1. The number of rotatable bonds is 3. The fourth-order valence-electron chi connectivity index (χ4n) is 2.53. The molecule has 1 aliphatic rings. The van der Waals surface area contributed by atoms with E-state index in [4.69, 9.17) is 0 Å². The predicted octanol–water partition coefficient (Wildman–Crippen LogP) is 2.06. The van der Waals surface area contributed by atoms with E-state index in [0.29, 0.717) is 12.0 Å². The Morgan fingerprint density at radius 1 is 1.56 bits per heavy atom. The minimum atomic E-state index is 0.459. The number of nitrogens with zero attached hydrogens (tertiary/aromatic N) is 2. The first-order chi connectivity index (χ1) is 7.72. The van der Waals surface area contributed by atoms with Crippen LogP contribution >= 0.6 is 15.9 Å². The Morgan fingerprint density at radius 3 is 3.00 bits per heavy atom. The maximum absolute atomic E-state index is 4.53. The van der Waals surface area contributed by atoms with Crippen LogP contribution in [0, 0.1) is 5.92 Å². The summed E-state index contributed by atoms with van der Waals surface area (Å²) in [5.74, 6) is 0.670. The number of pyridine rings is 1. The van der Waals surface area contributed by atoms with Crippen LogP contribution in [0.2, 0.25) is 0 Å². The lowest BCUT2D eigenvalue weighted by atomic mass is 9.97. The second-order valence-corrected chi connectivity index (χ2v) is 5.35. The Labute approximate surface area is 105 Å². The van der Waals surface area contributed by atoms with Gasteiger partial charge in [-0.1, -0.05) is 0 Å². The molecule has 0 saturated carbocycles. The lowest BCUT2D eigenvalue weighted by Gasteiger charge is -2.24. The summed E-state index contributed by atoms with van der Waals surface area (Å²) in [6.45, 7) is 2.22. The minimum absolute atomic E-state index is 0.459. The number of hydrogen-bond donors (Lipinski definition) is 1. The first kappa shape index (κ1) is 12.0. The first-order valence-corrected chi connectivity index (χ1v) is 6.48. The summed E-state index contributed by atoms with van der Waals surface area (Å²) in [6, 6.07) is 4.66. The molecule has 4 heteroatoms. The van der Waals surface area contributed by atoms with Crippen LogP contribution in [0.5, 0.6) is 0 Å². The molecule has 1 N–H and O–H groups in total. The van der Waals surface area contributed by atoms with Gasteiger partial charge < -0.3 is 5.32 Å². The fraction of sp³-hybridized carbons (Fsp3) is 0.583. The lowest BCUT2D eigenvalue weighted by molar-refractivity contribution is 0.268. The zero-order valence-electron chi connectivity index (χ0n) is 9.78. The normalized spacial score (nSPS) is 26.2. The maximum Gasteiger partial charge on any atom is 0.0579 e. The van der Waals surface area contributed by atoms with E-state index in [0.717, 1.165) is 17.6 Å². The Hall–Kier alpha value is -0.450. The SMILES string of the molecule is CNCC1CCN(C)C1c1ccc(Br)cn1. The van der Waals surface area contributed by atoms with Gasteiger partial charge in [0, 0.05) is 10.7 Å². The molecule has 0 bridgehead atoms. The van der Waals surface area contributed by atoms with Crippen molar-refractivity contribution in [1.29, 1.82) is 0 Å². The molecule has 0 aromatic carbocycles. The van der Waals surface area contributed by atoms with Crippen molar-refractivity contribution in [3.05, 3.63) is 28.5 Å². The van der Waals surface area contributed by atoms with Gasteiger partial charge in [-0.3, -0.25) is 9.88 Å². The van der Waals surface area contributed by atoms with Crippen LogP contribution in [0.3, 0.4) is 0 Å². The summed E-state index contributed by atoms with van der Waals surface area (Å²) >= 11 is 3.43. The third kappa shape index (κ3) is 2.44. The quantitative estimate of drug-likeness (QED) is 0.921. The van der Waals surface area contributed by atoms with Crippen LogP contribution < -0.4 is 5.32 Å². The Balaban J connectivity index is 2.19. The van der Waals surface area contributed by atoms with Crippen molar-refractivity contribution in [2.24, 2.45) is 5.92 Å². The highest BCUT2D eigenvalue weighted by Gasteiger charge is 2.33. The molecule has 0 spiro atoms. The molecular formula is C12H18BrN3. The van der Waals surface area contributed by atoms with Gasteiger partial charge in [0.1, 0.15) is 0 Å². The molecule has 2 unspecified atom stereocenters. The van der Waals surface area contributed by atoms with Crippen molar-refractivity contribution in [3.63, 3.8) is 0 Å². The van der Waals surface area contributed by atoms with Crippen LogP contribution in [0.25, 0.3) is 0 Å². The number of halogens is 1. The molecule has 0 amide bonds. The first-order valence-electron chi connectivity index (χ1n) is 5.68. The summed E-state index contributed by atoms with van der Waals surface area (Å²) in [4.78, 5) is 6.93. The Morgan fingerprint density at radius 2 is 2.38 bits per heavy atom. The van der Waals surface area contributed by atoms with Crippen LogP contribution in [0.15, 0.2) is 22.8 Å². The van der Waals surface area contributed by atoms with E-state index in [2.05, 4.69) is 50.3 Å². The molecule has 1 aromatic rings. The van der Waals surface area contributed by atoms with Crippen molar-refractivity contribution in [1.82, 2.24) is 15.2 Å². The molecule has 1 aromatic heterocycles. The van der Waals surface area contributed by atoms with Crippen molar-refractivity contribution in [3.8, 4) is 0 Å². The molecule has 1 saturated heterocycles. The lowest BCUT2D eigenvalue weighted by Crippen LogP contribution is -2.27. The standard InChI is InChI=1S/C12H18BrN3/c1-14-7-9-5-6-16(2)12(9)11-4-3-10(13)8-15-11/h3-4,8-9,12,14H,5-7H2,1-2H3. The number of nitrogens with one attached hydrogen (secondary N) is 1. The van der Waals surface area contributed by atoms with Gasteiger partial charge in [0.15, 0.2) is 0 Å². The molecule has 16 heavy (non-hydrogen) atoms. The van der Waals surface area contributed by atoms with Gasteiger partial charge in [-0.05, 0) is 67.6 Å². The molecule has 2 rings (SSSR count). The molecule has 1 aliphatic heterocycles. The van der Waals surface area contributed by atoms with Gasteiger partial charge in [-0.15, -0.1) is 0 Å². The van der Waals surface area contributed by atoms with Crippen molar-refractivity contribution in [2.45, 2.75) is 12.5 Å². The predicted molar refractivity (Wildman–Crippen MR) is 69.3 cm³/mol. The molecular weight excluding hydrogens is 266 g/mol. The summed E-state index contributed by atoms with van der Waals surface area (Å²) < 4.78 is 1.04. The second kappa shape index (κ2) is 5.25. The molecule has 0 aliphatic carbocycles. The molecule has 3 nitrogen and oxygen atoms in total. The minimum Gasteiger partial charge on any atom is -0.319 e. The Kier molecular flexibility index (Phi) is 3.95. The molecule has 2 heterocycles. The van der Waals surface area contributed by atoms with E-state index in [-0.39, 0.29) is 0 Å². The van der Waals surface area contributed by atoms with E-state index in [9.17, 15) is 0 Å². The molecule has 2 atom stereocenters. The average molecular weight is 284 g/mol. The fourth-order valence-corrected chi connectivity index (χ4v) is 2.77. The van der Waals surface area contributed by atoms with E-state index in [1.54, 1.807) is 0 Å². The van der Waals surface area contributed by atoms with Gasteiger partial charge in [0.05, 0.1) is 11.7 Å². The monoisotopic (exact) mass is 283 g/mol.